The molecule has 1 saturated heterocycles. The molecule has 0 radical (unpaired) electrons. The van der Waals surface area contributed by atoms with Crippen LogP contribution in [0.2, 0.25) is 0 Å². The van der Waals surface area contributed by atoms with Gasteiger partial charge in [0.2, 0.25) is 11.8 Å². The summed E-state index contributed by atoms with van der Waals surface area (Å²) in [4.78, 5) is 25.6. The van der Waals surface area contributed by atoms with Crippen molar-refractivity contribution in [3.05, 3.63) is 0 Å². The summed E-state index contributed by atoms with van der Waals surface area (Å²) in [6.45, 7) is 6.30. The van der Waals surface area contributed by atoms with Crippen molar-refractivity contribution in [2.75, 3.05) is 32.8 Å². The number of amides is 2. The van der Waals surface area contributed by atoms with Crippen LogP contribution in [0.4, 0.5) is 0 Å². The fraction of sp³-hybridized carbons (Fsp3) is 0.857. The molecule has 3 N–H and O–H groups in total. The van der Waals surface area contributed by atoms with Gasteiger partial charge in [-0.2, -0.15) is 0 Å². The van der Waals surface area contributed by atoms with Crippen molar-refractivity contribution < 1.29 is 14.7 Å². The minimum atomic E-state index is -0.00389. The average molecular weight is 285 g/mol. The Morgan fingerprint density at radius 1 is 1.30 bits per heavy atom. The van der Waals surface area contributed by atoms with Crippen LogP contribution < -0.4 is 10.6 Å². The van der Waals surface area contributed by atoms with Gasteiger partial charge in [-0.1, -0.05) is 13.8 Å². The molecule has 1 rings (SSSR count). The molecular weight excluding hydrogens is 258 g/mol. The van der Waals surface area contributed by atoms with Crippen LogP contribution in [0.3, 0.4) is 0 Å². The van der Waals surface area contributed by atoms with Gasteiger partial charge in [0.25, 0.3) is 0 Å². The first kappa shape index (κ1) is 16.9. The first-order valence-corrected chi connectivity index (χ1v) is 7.44. The van der Waals surface area contributed by atoms with E-state index in [1.54, 1.807) is 0 Å². The van der Waals surface area contributed by atoms with Gasteiger partial charge in [0.15, 0.2) is 0 Å². The number of nitrogens with one attached hydrogen (secondary N) is 2. The summed E-state index contributed by atoms with van der Waals surface area (Å²) in [6, 6.07) is 0.300. The van der Waals surface area contributed by atoms with Crippen molar-refractivity contribution in [1.29, 1.82) is 0 Å². The summed E-state index contributed by atoms with van der Waals surface area (Å²) in [5, 5.41) is 14.6. The van der Waals surface area contributed by atoms with Crippen LogP contribution in [0.25, 0.3) is 0 Å². The lowest BCUT2D eigenvalue weighted by Crippen LogP contribution is -2.46. The number of rotatable bonds is 7. The van der Waals surface area contributed by atoms with E-state index in [0.717, 1.165) is 12.8 Å². The molecule has 1 heterocycles. The van der Waals surface area contributed by atoms with Crippen LogP contribution in [0.1, 0.15) is 33.1 Å². The molecule has 20 heavy (non-hydrogen) atoms. The Hall–Kier alpha value is -1.14. The highest BCUT2D eigenvalue weighted by molar-refractivity contribution is 5.80. The van der Waals surface area contributed by atoms with Crippen LogP contribution >= 0.6 is 0 Å². The van der Waals surface area contributed by atoms with Gasteiger partial charge in [-0.15, -0.1) is 0 Å². The molecule has 0 unspecified atom stereocenters. The van der Waals surface area contributed by atoms with E-state index in [2.05, 4.69) is 10.6 Å². The molecule has 1 fully saturated rings. The van der Waals surface area contributed by atoms with Crippen molar-refractivity contribution in [2.45, 2.75) is 39.2 Å². The SMILES string of the molecule is CC(C)NCC(=O)N1CCC(C(=O)NCCCO)CC1. The maximum atomic E-state index is 11.9. The molecule has 1 aliphatic rings. The Kier molecular flexibility index (Phi) is 7.54. The number of nitrogens with zero attached hydrogens (tertiary/aromatic N) is 1. The second-order valence-electron chi connectivity index (χ2n) is 5.56. The summed E-state index contributed by atoms with van der Waals surface area (Å²) in [5.74, 6) is 0.152. The normalized spacial score (nSPS) is 16.5. The Labute approximate surface area is 120 Å². The second-order valence-corrected chi connectivity index (χ2v) is 5.56. The lowest BCUT2D eigenvalue weighted by atomic mass is 9.96. The van der Waals surface area contributed by atoms with Crippen LogP contribution in [0.15, 0.2) is 0 Å². The Bertz CT molecular complexity index is 313. The zero-order valence-corrected chi connectivity index (χ0v) is 12.5. The van der Waals surface area contributed by atoms with E-state index >= 15 is 0 Å². The molecule has 6 heteroatoms. The summed E-state index contributed by atoms with van der Waals surface area (Å²) in [7, 11) is 0. The molecule has 0 saturated carbocycles. The van der Waals surface area contributed by atoms with Gasteiger partial charge >= 0.3 is 0 Å². The molecule has 116 valence electrons. The molecule has 0 aromatic carbocycles. The Morgan fingerprint density at radius 3 is 2.50 bits per heavy atom. The van der Waals surface area contributed by atoms with Crippen molar-refractivity contribution in [3.63, 3.8) is 0 Å². The van der Waals surface area contributed by atoms with Gasteiger partial charge in [0.1, 0.15) is 0 Å². The molecule has 2 amide bonds. The van der Waals surface area contributed by atoms with Crippen molar-refractivity contribution >= 4 is 11.8 Å². The number of likely N-dealkylation sites (tertiary alicyclic amines) is 1. The number of hydrogen-bond donors (Lipinski definition) is 3. The number of carbonyl (C=O) groups excluding carboxylic acids is 2. The van der Waals surface area contributed by atoms with Gasteiger partial charge < -0.3 is 20.6 Å². The minimum Gasteiger partial charge on any atom is -0.396 e. The molecule has 0 atom stereocenters. The van der Waals surface area contributed by atoms with Crippen LogP contribution in [-0.4, -0.2) is 60.6 Å². The lowest BCUT2D eigenvalue weighted by Gasteiger charge is -2.31. The standard InChI is InChI=1S/C14H27N3O3/c1-11(2)16-10-13(19)17-7-4-12(5-8-17)14(20)15-6-3-9-18/h11-12,16,18H,3-10H2,1-2H3,(H,15,20). The third kappa shape index (κ3) is 5.88. The third-order valence-corrected chi connectivity index (χ3v) is 3.51. The van der Waals surface area contributed by atoms with Crippen LogP contribution in [-0.2, 0) is 9.59 Å². The number of carbonyl (C=O) groups is 2. The van der Waals surface area contributed by atoms with Gasteiger partial charge in [0, 0.05) is 38.2 Å². The highest BCUT2D eigenvalue weighted by atomic mass is 16.3. The quantitative estimate of drug-likeness (QED) is 0.562. The zero-order valence-electron chi connectivity index (χ0n) is 12.5. The van der Waals surface area contributed by atoms with Crippen molar-refractivity contribution in [3.8, 4) is 0 Å². The summed E-state index contributed by atoms with van der Waals surface area (Å²) in [6.07, 6.45) is 2.03. The van der Waals surface area contributed by atoms with E-state index in [4.69, 9.17) is 5.11 Å². The van der Waals surface area contributed by atoms with Gasteiger partial charge in [-0.3, -0.25) is 9.59 Å². The molecule has 0 aromatic heterocycles. The first-order chi connectivity index (χ1) is 9.54. The summed E-state index contributed by atoms with van der Waals surface area (Å²) >= 11 is 0. The molecule has 0 aliphatic carbocycles. The maximum absolute atomic E-state index is 11.9. The second kappa shape index (κ2) is 8.92. The molecule has 0 bridgehead atoms. The van der Waals surface area contributed by atoms with Gasteiger partial charge in [0.05, 0.1) is 6.54 Å². The van der Waals surface area contributed by atoms with E-state index in [1.165, 1.54) is 0 Å². The fourth-order valence-electron chi connectivity index (χ4n) is 2.23. The number of aliphatic hydroxyl groups excluding tert-OH is 1. The molecule has 0 spiro atoms. The van der Waals surface area contributed by atoms with E-state index in [1.807, 2.05) is 18.7 Å². The molecule has 1 aliphatic heterocycles. The van der Waals surface area contributed by atoms with Gasteiger partial charge in [-0.25, -0.2) is 0 Å². The fourth-order valence-corrected chi connectivity index (χ4v) is 2.23. The van der Waals surface area contributed by atoms with Crippen LogP contribution in [0, 0.1) is 5.92 Å². The Morgan fingerprint density at radius 2 is 1.95 bits per heavy atom. The van der Waals surface area contributed by atoms with E-state index < -0.39 is 0 Å². The topological polar surface area (TPSA) is 81.7 Å². The monoisotopic (exact) mass is 285 g/mol. The van der Waals surface area contributed by atoms with E-state index in [-0.39, 0.29) is 24.3 Å². The predicted molar refractivity (Wildman–Crippen MR) is 77.2 cm³/mol. The zero-order chi connectivity index (χ0) is 15.0. The average Bonchev–Trinajstić information content (AvgIpc) is 2.45. The molecule has 6 nitrogen and oxygen atoms in total. The predicted octanol–water partition coefficient (Wildman–Crippen LogP) is -0.278. The first-order valence-electron chi connectivity index (χ1n) is 7.44. The molecular formula is C14H27N3O3. The third-order valence-electron chi connectivity index (χ3n) is 3.51. The number of aliphatic hydroxyl groups is 1. The van der Waals surface area contributed by atoms with Crippen molar-refractivity contribution in [1.82, 2.24) is 15.5 Å². The summed E-state index contributed by atoms with van der Waals surface area (Å²) < 4.78 is 0. The van der Waals surface area contributed by atoms with E-state index in [9.17, 15) is 9.59 Å². The maximum Gasteiger partial charge on any atom is 0.236 e. The highest BCUT2D eigenvalue weighted by Crippen LogP contribution is 2.17. The summed E-state index contributed by atoms with van der Waals surface area (Å²) in [5.41, 5.74) is 0. The molecule has 0 aromatic rings. The highest BCUT2D eigenvalue weighted by Gasteiger charge is 2.26. The lowest BCUT2D eigenvalue weighted by molar-refractivity contribution is -0.135. The van der Waals surface area contributed by atoms with Crippen LogP contribution in [0.5, 0.6) is 0 Å². The largest absolute Gasteiger partial charge is 0.396 e. The minimum absolute atomic E-state index is 0.00389. The van der Waals surface area contributed by atoms with E-state index in [0.29, 0.717) is 38.6 Å². The Balaban J connectivity index is 2.25. The smallest absolute Gasteiger partial charge is 0.236 e. The number of piperidine rings is 1. The number of hydrogen-bond acceptors (Lipinski definition) is 4. The van der Waals surface area contributed by atoms with Crippen molar-refractivity contribution in [2.24, 2.45) is 5.92 Å². The van der Waals surface area contributed by atoms with Gasteiger partial charge in [-0.05, 0) is 19.3 Å².